The van der Waals surface area contributed by atoms with Crippen molar-refractivity contribution >= 4 is 40.1 Å². The van der Waals surface area contributed by atoms with Gasteiger partial charge in [-0.15, -0.1) is 11.8 Å². The Morgan fingerprint density at radius 2 is 1.87 bits per heavy atom. The summed E-state index contributed by atoms with van der Waals surface area (Å²) in [5.41, 5.74) is 10.5. The fraction of sp³-hybridized carbons (Fsp3) is 0.227. The molecule has 0 atom stereocenters. The van der Waals surface area contributed by atoms with E-state index in [-0.39, 0.29) is 0 Å². The minimum atomic E-state index is 0.460. The number of likely N-dealkylation sites (tertiary alicyclic amines) is 1. The van der Waals surface area contributed by atoms with Gasteiger partial charge in [0, 0.05) is 28.8 Å². The summed E-state index contributed by atoms with van der Waals surface area (Å²) in [5, 5.41) is 9.33. The van der Waals surface area contributed by atoms with Crippen LogP contribution in [0.1, 0.15) is 6.42 Å². The first-order valence-electron chi connectivity index (χ1n) is 9.90. The topological polar surface area (TPSA) is 83.7 Å². The van der Waals surface area contributed by atoms with Crippen LogP contribution in [0.5, 0.6) is 0 Å². The van der Waals surface area contributed by atoms with E-state index in [0.717, 1.165) is 50.7 Å². The Labute approximate surface area is 183 Å². The molecule has 0 radical (unpaired) electrons. The van der Waals surface area contributed by atoms with E-state index in [1.807, 2.05) is 42.5 Å². The number of nitrogens with zero attached hydrogens (tertiary/aromatic N) is 4. The molecule has 0 aliphatic carbocycles. The fourth-order valence-electron chi connectivity index (χ4n) is 3.57. The van der Waals surface area contributed by atoms with Crippen LogP contribution in [0.15, 0.2) is 53.7 Å². The second kappa shape index (κ2) is 8.26. The number of aromatic amines is 1. The average Bonchev–Trinajstić information content (AvgIpc) is 3.20. The van der Waals surface area contributed by atoms with Gasteiger partial charge >= 0.3 is 0 Å². The van der Waals surface area contributed by atoms with E-state index in [1.54, 1.807) is 18.0 Å². The van der Waals surface area contributed by atoms with E-state index >= 15 is 0 Å². The van der Waals surface area contributed by atoms with Gasteiger partial charge in [-0.25, -0.2) is 9.97 Å². The molecule has 3 heterocycles. The predicted octanol–water partition coefficient (Wildman–Crippen LogP) is 4.72. The lowest BCUT2D eigenvalue weighted by atomic mass is 10.0. The Bertz CT molecular complexity index is 1190. The maximum atomic E-state index is 6.51. The van der Waals surface area contributed by atoms with Gasteiger partial charge in [-0.1, -0.05) is 41.9 Å². The molecular weight excluding hydrogens is 416 g/mol. The van der Waals surface area contributed by atoms with Crippen LogP contribution in [0.4, 0.5) is 5.82 Å². The maximum Gasteiger partial charge on any atom is 0.156 e. The molecule has 152 valence electrons. The molecule has 1 aliphatic rings. The predicted molar refractivity (Wildman–Crippen MR) is 124 cm³/mol. The van der Waals surface area contributed by atoms with Gasteiger partial charge in [0.1, 0.15) is 5.03 Å². The molecule has 2 aromatic heterocycles. The lowest BCUT2D eigenvalue weighted by molar-refractivity contribution is 0.194. The summed E-state index contributed by atoms with van der Waals surface area (Å²) in [6.45, 7) is 3.40. The van der Waals surface area contributed by atoms with Crippen molar-refractivity contribution in [3.63, 3.8) is 0 Å². The largest absolute Gasteiger partial charge is 0.381 e. The molecule has 1 fully saturated rings. The maximum absolute atomic E-state index is 6.51. The molecule has 30 heavy (non-hydrogen) atoms. The Balaban J connectivity index is 1.58. The average molecular weight is 437 g/mol. The number of anilines is 1. The molecule has 0 spiro atoms. The summed E-state index contributed by atoms with van der Waals surface area (Å²) in [5.74, 6) is 1.39. The number of halogens is 1. The molecule has 0 unspecified atom stereocenters. The molecule has 4 aromatic rings. The number of fused-ring (bicyclic) bond motifs is 1. The number of thioether (sulfide) groups is 1. The fourth-order valence-corrected chi connectivity index (χ4v) is 4.73. The lowest BCUT2D eigenvalue weighted by Gasteiger charge is -2.30. The van der Waals surface area contributed by atoms with Crippen LogP contribution in [0.25, 0.3) is 33.4 Å². The number of hydrogen-bond donors (Lipinski definition) is 2. The van der Waals surface area contributed by atoms with Crippen LogP contribution in [0, 0.1) is 0 Å². The van der Waals surface area contributed by atoms with E-state index in [2.05, 4.69) is 15.1 Å². The monoisotopic (exact) mass is 436 g/mol. The van der Waals surface area contributed by atoms with Crippen molar-refractivity contribution < 1.29 is 0 Å². The zero-order valence-electron chi connectivity index (χ0n) is 16.3. The highest BCUT2D eigenvalue weighted by atomic mass is 35.5. The highest BCUT2D eigenvalue weighted by molar-refractivity contribution is 7.99. The highest BCUT2D eigenvalue weighted by Gasteiger charge is 2.18. The SMILES string of the molecule is Nc1nc(-c2ccccc2)c(-c2cc(Cl)c3[nH]ncc3c2)nc1SCCN1CCC1. The molecule has 0 amide bonds. The molecule has 8 heteroatoms. The number of nitrogens with two attached hydrogens (primary N) is 1. The van der Waals surface area contributed by atoms with Gasteiger partial charge in [-0.3, -0.25) is 5.10 Å². The summed E-state index contributed by atoms with van der Waals surface area (Å²) < 4.78 is 0. The zero-order valence-corrected chi connectivity index (χ0v) is 17.9. The van der Waals surface area contributed by atoms with Gasteiger partial charge in [-0.2, -0.15) is 5.10 Å². The molecule has 6 nitrogen and oxygen atoms in total. The van der Waals surface area contributed by atoms with Gasteiger partial charge in [0.15, 0.2) is 5.82 Å². The first-order valence-corrected chi connectivity index (χ1v) is 11.3. The van der Waals surface area contributed by atoms with Crippen LogP contribution in [-0.2, 0) is 0 Å². The van der Waals surface area contributed by atoms with Crippen LogP contribution in [0.3, 0.4) is 0 Å². The molecule has 0 saturated carbocycles. The van der Waals surface area contributed by atoms with E-state index in [4.69, 9.17) is 27.3 Å². The number of nitrogen functional groups attached to an aromatic ring is 1. The Morgan fingerprint density at radius 1 is 1.07 bits per heavy atom. The van der Waals surface area contributed by atoms with E-state index < -0.39 is 0 Å². The molecule has 3 N–H and O–H groups in total. The van der Waals surface area contributed by atoms with E-state index in [1.165, 1.54) is 19.5 Å². The number of nitrogens with one attached hydrogen (secondary N) is 1. The first-order chi connectivity index (χ1) is 14.7. The van der Waals surface area contributed by atoms with Crippen LogP contribution in [0.2, 0.25) is 5.02 Å². The van der Waals surface area contributed by atoms with E-state index in [0.29, 0.717) is 10.8 Å². The molecule has 1 aliphatic heterocycles. The van der Waals surface area contributed by atoms with Crippen molar-refractivity contribution in [1.29, 1.82) is 0 Å². The first kappa shape index (κ1) is 19.4. The lowest BCUT2D eigenvalue weighted by Crippen LogP contribution is -2.38. The third kappa shape index (κ3) is 3.76. The van der Waals surface area contributed by atoms with Crippen molar-refractivity contribution in [2.75, 3.05) is 31.1 Å². The summed E-state index contributed by atoms with van der Waals surface area (Å²) in [6, 6.07) is 13.9. The number of hydrogen-bond acceptors (Lipinski definition) is 6. The number of benzene rings is 2. The summed E-state index contributed by atoms with van der Waals surface area (Å²) in [7, 11) is 0. The number of H-pyrrole nitrogens is 1. The van der Waals surface area contributed by atoms with Crippen LogP contribution < -0.4 is 5.73 Å². The van der Waals surface area contributed by atoms with Crippen molar-refractivity contribution in [2.24, 2.45) is 0 Å². The Morgan fingerprint density at radius 3 is 2.63 bits per heavy atom. The third-order valence-corrected chi connectivity index (χ3v) is 6.56. The van der Waals surface area contributed by atoms with Gasteiger partial charge in [0.2, 0.25) is 0 Å². The van der Waals surface area contributed by atoms with Gasteiger partial charge in [0.25, 0.3) is 0 Å². The minimum Gasteiger partial charge on any atom is -0.381 e. The van der Waals surface area contributed by atoms with Gasteiger partial charge in [-0.05, 0) is 31.6 Å². The standard InChI is InChI=1S/C22H21ClN6S/c23-17-12-15(11-16-13-25-28-18(16)17)20-19(14-5-2-1-3-6-14)26-21(24)22(27-20)30-10-9-29-7-4-8-29/h1-3,5-6,11-13H,4,7-10H2,(H2,24,26)(H,25,28). The quantitative estimate of drug-likeness (QED) is 0.425. The second-order valence-corrected chi connectivity index (χ2v) is 8.80. The third-order valence-electron chi connectivity index (χ3n) is 5.31. The van der Waals surface area contributed by atoms with Crippen LogP contribution in [-0.4, -0.2) is 50.5 Å². The minimum absolute atomic E-state index is 0.460. The molecule has 5 rings (SSSR count). The Hall–Kier alpha value is -2.61. The number of rotatable bonds is 6. The van der Waals surface area contributed by atoms with Crippen LogP contribution >= 0.6 is 23.4 Å². The summed E-state index contributed by atoms with van der Waals surface area (Å²) in [6.07, 6.45) is 3.06. The van der Waals surface area contributed by atoms with Crippen molar-refractivity contribution in [3.05, 3.63) is 53.7 Å². The van der Waals surface area contributed by atoms with Gasteiger partial charge < -0.3 is 10.6 Å². The number of aromatic nitrogens is 4. The van der Waals surface area contributed by atoms with Gasteiger partial charge in [0.05, 0.1) is 28.1 Å². The smallest absolute Gasteiger partial charge is 0.156 e. The Kier molecular flexibility index (Phi) is 5.33. The summed E-state index contributed by atoms with van der Waals surface area (Å²) >= 11 is 8.16. The second-order valence-electron chi connectivity index (χ2n) is 7.31. The van der Waals surface area contributed by atoms with Crippen molar-refractivity contribution in [3.8, 4) is 22.5 Å². The van der Waals surface area contributed by atoms with Crippen molar-refractivity contribution in [2.45, 2.75) is 11.4 Å². The van der Waals surface area contributed by atoms with E-state index in [9.17, 15) is 0 Å². The zero-order chi connectivity index (χ0) is 20.5. The molecule has 0 bridgehead atoms. The molecular formula is C22H21ClN6S. The molecule has 2 aromatic carbocycles. The normalized spacial score (nSPS) is 14.2. The highest BCUT2D eigenvalue weighted by Crippen LogP contribution is 2.36. The summed E-state index contributed by atoms with van der Waals surface area (Å²) in [4.78, 5) is 12.2. The molecule has 1 saturated heterocycles. The van der Waals surface area contributed by atoms with Crippen molar-refractivity contribution in [1.82, 2.24) is 25.1 Å².